The monoisotopic (exact) mass is 506 g/mol. The number of rotatable bonds is 7. The fourth-order valence-electron chi connectivity index (χ4n) is 5.60. The van der Waals surface area contributed by atoms with Gasteiger partial charge in [0.05, 0.1) is 23.5 Å². The molecule has 2 heterocycles. The molecule has 2 aliphatic rings. The molecule has 0 saturated heterocycles. The van der Waals surface area contributed by atoms with Gasteiger partial charge in [0.25, 0.3) is 5.91 Å². The van der Waals surface area contributed by atoms with Crippen molar-refractivity contribution < 1.29 is 14.7 Å². The summed E-state index contributed by atoms with van der Waals surface area (Å²) in [6, 6.07) is 23.7. The molecule has 7 nitrogen and oxygen atoms in total. The summed E-state index contributed by atoms with van der Waals surface area (Å²) in [5.74, 6) is -1.22. The maximum atomic E-state index is 13.3. The average Bonchev–Trinajstić information content (AvgIpc) is 3.41. The second kappa shape index (κ2) is 11.0. The number of amides is 1. The molecule has 1 saturated carbocycles. The van der Waals surface area contributed by atoms with Crippen molar-refractivity contribution in [2.75, 3.05) is 13.1 Å². The Hall–Kier alpha value is -4.28. The maximum Gasteiger partial charge on any atom is 0.317 e. The topological polar surface area (TPSA) is 106 Å². The van der Waals surface area contributed by atoms with Crippen molar-refractivity contribution in [3.63, 3.8) is 0 Å². The summed E-state index contributed by atoms with van der Waals surface area (Å²) in [6.07, 6.45) is 6.09. The molecule has 1 aliphatic carbocycles. The molecule has 0 bridgehead atoms. The maximum absolute atomic E-state index is 13.3. The van der Waals surface area contributed by atoms with E-state index in [1.54, 1.807) is 12.1 Å². The van der Waals surface area contributed by atoms with Crippen molar-refractivity contribution in [1.29, 1.82) is 5.26 Å². The number of aromatic nitrogens is 1. The molecule has 7 heteroatoms. The summed E-state index contributed by atoms with van der Waals surface area (Å²) in [5, 5.41) is 22.2. The van der Waals surface area contributed by atoms with Crippen LogP contribution in [0.1, 0.15) is 48.1 Å². The van der Waals surface area contributed by atoms with Crippen LogP contribution in [0.4, 0.5) is 0 Å². The first kappa shape index (κ1) is 25.4. The van der Waals surface area contributed by atoms with Crippen molar-refractivity contribution in [3.8, 4) is 17.3 Å². The molecule has 38 heavy (non-hydrogen) atoms. The van der Waals surface area contributed by atoms with E-state index in [2.05, 4.69) is 23.5 Å². The Labute approximate surface area is 222 Å². The highest BCUT2D eigenvalue weighted by Crippen LogP contribution is 2.39. The first-order valence-electron chi connectivity index (χ1n) is 13.0. The lowest BCUT2D eigenvalue weighted by atomic mass is 9.88. The summed E-state index contributed by atoms with van der Waals surface area (Å²) < 4.78 is 0. The molecule has 3 aromatic rings. The summed E-state index contributed by atoms with van der Waals surface area (Å²) in [7, 11) is 0. The minimum atomic E-state index is -0.828. The molecule has 0 radical (unpaired) electrons. The van der Waals surface area contributed by atoms with Crippen molar-refractivity contribution in [3.05, 3.63) is 94.7 Å². The number of nitrogens with one attached hydrogen (secondary N) is 1. The van der Waals surface area contributed by atoms with E-state index >= 15 is 0 Å². The van der Waals surface area contributed by atoms with Gasteiger partial charge in [-0.15, -0.1) is 0 Å². The van der Waals surface area contributed by atoms with Crippen LogP contribution in [-0.4, -0.2) is 40.0 Å². The Morgan fingerprint density at radius 3 is 2.58 bits per heavy atom. The quantitative estimate of drug-likeness (QED) is 0.356. The third-order valence-corrected chi connectivity index (χ3v) is 7.52. The lowest BCUT2D eigenvalue weighted by Gasteiger charge is -2.31. The first-order valence-corrected chi connectivity index (χ1v) is 13.0. The highest BCUT2D eigenvalue weighted by atomic mass is 16.4. The number of benzene rings is 2. The Bertz CT molecular complexity index is 1420. The summed E-state index contributed by atoms with van der Waals surface area (Å²) in [5.41, 5.74) is 5.11. The van der Waals surface area contributed by atoms with Gasteiger partial charge in [0.2, 0.25) is 0 Å². The van der Waals surface area contributed by atoms with Crippen LogP contribution in [0.5, 0.6) is 0 Å². The fraction of sp³-hybridized carbons (Fsp3) is 0.290. The number of carboxylic acids is 1. The smallest absolute Gasteiger partial charge is 0.317 e. The van der Waals surface area contributed by atoms with Crippen molar-refractivity contribution in [1.82, 2.24) is 15.2 Å². The van der Waals surface area contributed by atoms with Crippen LogP contribution in [0, 0.1) is 11.3 Å². The van der Waals surface area contributed by atoms with Gasteiger partial charge >= 0.3 is 5.97 Å². The van der Waals surface area contributed by atoms with Gasteiger partial charge in [0.1, 0.15) is 11.6 Å². The molecule has 0 atom stereocenters. The molecular formula is C31H30N4O3. The molecule has 0 spiro atoms. The third-order valence-electron chi connectivity index (χ3n) is 7.52. The number of carboxylic acid groups (broad SMARTS) is 1. The second-order valence-corrected chi connectivity index (χ2v) is 10.1. The minimum absolute atomic E-state index is 0.0200. The van der Waals surface area contributed by atoms with E-state index < -0.39 is 17.4 Å². The minimum Gasteiger partial charge on any atom is -0.480 e. The van der Waals surface area contributed by atoms with Gasteiger partial charge in [-0.05, 0) is 60.2 Å². The van der Waals surface area contributed by atoms with Crippen LogP contribution in [0.2, 0.25) is 0 Å². The number of hydrogen-bond donors (Lipinski definition) is 2. The van der Waals surface area contributed by atoms with E-state index in [0.29, 0.717) is 12.2 Å². The molecule has 1 fully saturated rings. The first-order chi connectivity index (χ1) is 18.5. The number of carbonyl (C=O) groups is 2. The van der Waals surface area contributed by atoms with Gasteiger partial charge in [-0.1, -0.05) is 61.4 Å². The van der Waals surface area contributed by atoms with E-state index in [0.717, 1.165) is 61.0 Å². The number of hydrogen-bond acceptors (Lipinski definition) is 5. The molecule has 1 aliphatic heterocycles. The van der Waals surface area contributed by atoms with E-state index in [4.69, 9.17) is 10.1 Å². The zero-order valence-corrected chi connectivity index (χ0v) is 21.2. The van der Waals surface area contributed by atoms with Gasteiger partial charge in [0.15, 0.2) is 0 Å². The summed E-state index contributed by atoms with van der Waals surface area (Å²) >= 11 is 0. The number of nitriles is 1. The molecular weight excluding hydrogens is 476 g/mol. The van der Waals surface area contributed by atoms with Gasteiger partial charge in [-0.2, -0.15) is 5.26 Å². The summed E-state index contributed by atoms with van der Waals surface area (Å²) in [4.78, 5) is 31.0. The Kier molecular flexibility index (Phi) is 7.34. The normalized spacial score (nSPS) is 16.9. The molecule has 1 amide bonds. The van der Waals surface area contributed by atoms with Gasteiger partial charge in [0, 0.05) is 18.7 Å². The number of fused-ring (bicyclic) bond motifs is 1. The predicted octanol–water partition coefficient (Wildman–Crippen LogP) is 4.68. The molecule has 1 aromatic heterocycles. The molecule has 2 N–H and O–H groups in total. The Morgan fingerprint density at radius 1 is 1.05 bits per heavy atom. The second-order valence-electron chi connectivity index (χ2n) is 10.1. The molecule has 192 valence electrons. The number of aliphatic carboxylic acids is 1. The number of pyridine rings is 1. The van der Waals surface area contributed by atoms with Crippen LogP contribution < -0.4 is 5.32 Å². The highest BCUT2D eigenvalue weighted by Gasteiger charge is 2.37. The average molecular weight is 507 g/mol. The van der Waals surface area contributed by atoms with Crippen LogP contribution >= 0.6 is 0 Å². The van der Waals surface area contributed by atoms with Gasteiger partial charge in [-0.3, -0.25) is 14.5 Å². The standard InChI is InChI=1S/C31H30N4O3/c32-19-24(30(38)34-31(14-4-5-15-31)26-7-2-1-3-8-26)18-27-9-6-10-28(33-27)23-12-11-22-13-16-35(21-29(36)37)20-25(22)17-23/h1-3,6-12,17-18H,4-5,13-16,20-21H2,(H,34,38)(H,36,37). The lowest BCUT2D eigenvalue weighted by molar-refractivity contribution is -0.138. The van der Waals surface area contributed by atoms with Crippen LogP contribution in [0.3, 0.4) is 0 Å². The molecule has 0 unspecified atom stereocenters. The zero-order chi connectivity index (χ0) is 26.5. The van der Waals surface area contributed by atoms with Gasteiger partial charge < -0.3 is 10.4 Å². The van der Waals surface area contributed by atoms with Gasteiger partial charge in [-0.25, -0.2) is 4.98 Å². The predicted molar refractivity (Wildman–Crippen MR) is 145 cm³/mol. The van der Waals surface area contributed by atoms with Crippen molar-refractivity contribution in [2.45, 2.75) is 44.2 Å². The molecule has 2 aromatic carbocycles. The van der Waals surface area contributed by atoms with E-state index in [1.165, 1.54) is 5.56 Å². The van der Waals surface area contributed by atoms with Crippen LogP contribution in [0.25, 0.3) is 17.3 Å². The summed E-state index contributed by atoms with van der Waals surface area (Å²) in [6.45, 7) is 1.32. The van der Waals surface area contributed by atoms with E-state index in [1.807, 2.05) is 53.4 Å². The third kappa shape index (κ3) is 5.51. The lowest BCUT2D eigenvalue weighted by Crippen LogP contribution is -2.44. The Morgan fingerprint density at radius 2 is 1.84 bits per heavy atom. The van der Waals surface area contributed by atoms with E-state index in [-0.39, 0.29) is 12.1 Å². The SMILES string of the molecule is N#CC(=Cc1cccc(-c2ccc3c(c2)CN(CC(=O)O)CC3)n1)C(=O)NC1(c2ccccc2)CCCC1. The number of carbonyl (C=O) groups excluding carboxylic acids is 1. The van der Waals surface area contributed by atoms with Crippen molar-refractivity contribution in [2.24, 2.45) is 0 Å². The largest absolute Gasteiger partial charge is 0.480 e. The van der Waals surface area contributed by atoms with Crippen molar-refractivity contribution >= 4 is 18.0 Å². The highest BCUT2D eigenvalue weighted by molar-refractivity contribution is 6.02. The van der Waals surface area contributed by atoms with E-state index in [9.17, 15) is 14.9 Å². The zero-order valence-electron chi connectivity index (χ0n) is 21.2. The van der Waals surface area contributed by atoms with Crippen LogP contribution in [0.15, 0.2) is 72.3 Å². The fourth-order valence-corrected chi connectivity index (χ4v) is 5.60. The Balaban J connectivity index is 1.37. The molecule has 5 rings (SSSR count). The van der Waals surface area contributed by atoms with Crippen LogP contribution in [-0.2, 0) is 28.1 Å². The number of nitrogens with zero attached hydrogens (tertiary/aromatic N) is 3.